The summed E-state index contributed by atoms with van der Waals surface area (Å²) in [6, 6.07) is 4.88. The molecule has 0 bridgehead atoms. The quantitative estimate of drug-likeness (QED) is 0.539. The lowest BCUT2D eigenvalue weighted by molar-refractivity contribution is -0.152. The Balaban J connectivity index is 2.99. The molecule has 0 fully saturated rings. The van der Waals surface area contributed by atoms with Gasteiger partial charge in [0.1, 0.15) is 12.4 Å². The zero-order chi connectivity index (χ0) is 17.2. The van der Waals surface area contributed by atoms with E-state index in [2.05, 4.69) is 6.92 Å². The topological polar surface area (TPSA) is 35.5 Å². The molecule has 1 rings (SSSR count). The minimum atomic E-state index is -0.505. The van der Waals surface area contributed by atoms with Gasteiger partial charge in [-0.15, -0.1) is 0 Å². The number of carbonyl (C=O) groups excluding carboxylic acids is 1. The highest BCUT2D eigenvalue weighted by atomic mass is 35.5. The largest absolute Gasteiger partial charge is 0.464 e. The summed E-state index contributed by atoms with van der Waals surface area (Å²) in [6.45, 7) is 6.01. The number of halogens is 2. The molecule has 0 amide bonds. The Hall–Kier alpha value is -1.13. The van der Waals surface area contributed by atoms with Crippen LogP contribution < -0.4 is 0 Å². The van der Waals surface area contributed by atoms with Gasteiger partial charge in [-0.3, -0.25) is 0 Å². The van der Waals surface area contributed by atoms with Crippen molar-refractivity contribution >= 4 is 17.6 Å². The van der Waals surface area contributed by atoms with Crippen LogP contribution >= 0.6 is 11.6 Å². The van der Waals surface area contributed by atoms with Gasteiger partial charge in [0, 0.05) is 5.56 Å². The minimum absolute atomic E-state index is 0.0672. The van der Waals surface area contributed by atoms with Crippen molar-refractivity contribution in [3.05, 3.63) is 34.6 Å². The third-order valence-corrected chi connectivity index (χ3v) is 4.15. The van der Waals surface area contributed by atoms with Crippen molar-refractivity contribution in [2.75, 3.05) is 13.2 Å². The molecule has 1 aromatic rings. The Labute approximate surface area is 143 Å². The molecule has 0 radical (unpaired) electrons. The fourth-order valence-electron chi connectivity index (χ4n) is 2.62. The molecule has 0 aliphatic rings. The van der Waals surface area contributed by atoms with E-state index in [9.17, 15) is 9.18 Å². The highest BCUT2D eigenvalue weighted by Gasteiger charge is 2.27. The molecule has 3 nitrogen and oxygen atoms in total. The van der Waals surface area contributed by atoms with E-state index < -0.39 is 17.9 Å². The molecule has 0 saturated carbocycles. The van der Waals surface area contributed by atoms with Gasteiger partial charge in [0.25, 0.3) is 0 Å². The Morgan fingerprint density at radius 2 is 2.04 bits per heavy atom. The molecule has 0 saturated heterocycles. The smallest absolute Gasteiger partial charge is 0.332 e. The number of esters is 1. The summed E-state index contributed by atoms with van der Waals surface area (Å²) in [6.07, 6.45) is 3.32. The molecule has 23 heavy (non-hydrogen) atoms. The normalized spacial score (nSPS) is 13.6. The lowest BCUT2D eigenvalue weighted by Gasteiger charge is -2.27. The summed E-state index contributed by atoms with van der Waals surface area (Å²) in [4.78, 5) is 11.6. The van der Waals surface area contributed by atoms with E-state index in [0.29, 0.717) is 12.2 Å². The van der Waals surface area contributed by atoms with Crippen LogP contribution in [0.4, 0.5) is 4.39 Å². The van der Waals surface area contributed by atoms with Crippen molar-refractivity contribution in [3.63, 3.8) is 0 Å². The van der Waals surface area contributed by atoms with E-state index in [4.69, 9.17) is 21.1 Å². The van der Waals surface area contributed by atoms with Crippen LogP contribution in [0.5, 0.6) is 0 Å². The third kappa shape index (κ3) is 6.11. The summed E-state index contributed by atoms with van der Waals surface area (Å²) >= 11 is 5.90. The fourth-order valence-corrected chi connectivity index (χ4v) is 2.80. The summed E-state index contributed by atoms with van der Waals surface area (Å²) < 4.78 is 25.1. The van der Waals surface area contributed by atoms with Crippen molar-refractivity contribution in [1.29, 1.82) is 0 Å². The molecule has 5 heteroatoms. The van der Waals surface area contributed by atoms with Crippen LogP contribution in [-0.2, 0) is 14.3 Å². The van der Waals surface area contributed by atoms with Gasteiger partial charge in [-0.25, -0.2) is 9.18 Å². The summed E-state index contributed by atoms with van der Waals surface area (Å²) in [5.74, 6) is -0.791. The summed E-state index contributed by atoms with van der Waals surface area (Å²) in [7, 11) is 0. The molecule has 1 unspecified atom stereocenters. The molecule has 2 atom stereocenters. The van der Waals surface area contributed by atoms with Crippen molar-refractivity contribution in [1.82, 2.24) is 0 Å². The lowest BCUT2D eigenvalue weighted by Crippen LogP contribution is -2.22. The van der Waals surface area contributed by atoms with E-state index in [1.165, 1.54) is 6.07 Å². The molecule has 0 aromatic heterocycles. The van der Waals surface area contributed by atoms with Gasteiger partial charge in [0.2, 0.25) is 0 Å². The second kappa shape index (κ2) is 10.6. The highest BCUT2D eigenvalue weighted by Crippen LogP contribution is 2.35. The SMILES string of the molecule is CCCC[C@H](CC)C(OCC(=O)OCC)c1cccc(Cl)c1F. The van der Waals surface area contributed by atoms with Gasteiger partial charge in [0.15, 0.2) is 0 Å². The van der Waals surface area contributed by atoms with Crippen molar-refractivity contribution in [2.24, 2.45) is 5.92 Å². The van der Waals surface area contributed by atoms with Crippen molar-refractivity contribution in [2.45, 2.75) is 52.6 Å². The minimum Gasteiger partial charge on any atom is -0.464 e. The van der Waals surface area contributed by atoms with E-state index in [-0.39, 0.29) is 17.5 Å². The number of rotatable bonds is 10. The maximum atomic E-state index is 14.4. The van der Waals surface area contributed by atoms with Crippen LogP contribution in [0.15, 0.2) is 18.2 Å². The number of hydrogen-bond acceptors (Lipinski definition) is 3. The van der Waals surface area contributed by atoms with Gasteiger partial charge in [0.05, 0.1) is 17.7 Å². The Morgan fingerprint density at radius 3 is 2.65 bits per heavy atom. The first-order valence-corrected chi connectivity index (χ1v) is 8.63. The second-order valence-electron chi connectivity index (χ2n) is 5.49. The third-order valence-electron chi connectivity index (χ3n) is 3.86. The molecular weight excluding hydrogens is 319 g/mol. The fraction of sp³-hybridized carbons (Fsp3) is 0.611. The Morgan fingerprint density at radius 1 is 1.30 bits per heavy atom. The standard InChI is InChI=1S/C18H26ClFO3/c1-4-7-9-13(5-2)18(23-12-16(21)22-6-3)14-10-8-11-15(19)17(14)20/h8,10-11,13,18H,4-7,9,12H2,1-3H3/t13-,18?/m0/s1. The zero-order valence-corrected chi connectivity index (χ0v) is 14.9. The molecule has 0 aliphatic heterocycles. The van der Waals surface area contributed by atoms with Crippen LogP contribution in [0.1, 0.15) is 58.1 Å². The van der Waals surface area contributed by atoms with Gasteiger partial charge < -0.3 is 9.47 Å². The van der Waals surface area contributed by atoms with Crippen molar-refractivity contribution in [3.8, 4) is 0 Å². The average molecular weight is 345 g/mol. The van der Waals surface area contributed by atoms with Crippen LogP contribution in [-0.4, -0.2) is 19.2 Å². The molecule has 0 N–H and O–H groups in total. The summed E-state index contributed by atoms with van der Waals surface area (Å²) in [5.41, 5.74) is 0.407. The predicted molar refractivity (Wildman–Crippen MR) is 90.0 cm³/mol. The molecule has 0 heterocycles. The maximum absolute atomic E-state index is 14.4. The molecule has 0 spiro atoms. The second-order valence-corrected chi connectivity index (χ2v) is 5.90. The van der Waals surface area contributed by atoms with Gasteiger partial charge in [-0.1, -0.05) is 56.8 Å². The van der Waals surface area contributed by atoms with E-state index in [1.807, 2.05) is 6.92 Å². The number of carbonyl (C=O) groups is 1. The van der Waals surface area contributed by atoms with Crippen LogP contribution in [0.25, 0.3) is 0 Å². The Kier molecular flexibility index (Phi) is 9.19. The Bertz CT molecular complexity index is 493. The summed E-state index contributed by atoms with van der Waals surface area (Å²) in [5, 5.41) is 0.0672. The number of unbranched alkanes of at least 4 members (excludes halogenated alkanes) is 1. The van der Waals surface area contributed by atoms with Crippen molar-refractivity contribution < 1.29 is 18.7 Å². The van der Waals surface area contributed by atoms with E-state index in [0.717, 1.165) is 25.7 Å². The molecule has 1 aromatic carbocycles. The number of benzene rings is 1. The monoisotopic (exact) mass is 344 g/mol. The number of hydrogen-bond donors (Lipinski definition) is 0. The predicted octanol–water partition coefficient (Wildman–Crippen LogP) is 5.32. The first kappa shape index (κ1) is 19.9. The zero-order valence-electron chi connectivity index (χ0n) is 14.1. The van der Waals surface area contributed by atoms with Gasteiger partial charge in [-0.2, -0.15) is 0 Å². The van der Waals surface area contributed by atoms with E-state index in [1.54, 1.807) is 19.1 Å². The van der Waals surface area contributed by atoms with Gasteiger partial charge in [-0.05, 0) is 25.3 Å². The van der Waals surface area contributed by atoms with Crippen LogP contribution in [0.2, 0.25) is 5.02 Å². The van der Waals surface area contributed by atoms with Crippen LogP contribution in [0.3, 0.4) is 0 Å². The van der Waals surface area contributed by atoms with E-state index >= 15 is 0 Å². The molecule has 0 aliphatic carbocycles. The molecular formula is C18H26ClFO3. The van der Waals surface area contributed by atoms with Gasteiger partial charge >= 0.3 is 5.97 Å². The average Bonchev–Trinajstić information content (AvgIpc) is 2.54. The highest BCUT2D eigenvalue weighted by molar-refractivity contribution is 6.30. The van der Waals surface area contributed by atoms with Crippen LogP contribution in [0, 0.1) is 11.7 Å². The first-order chi connectivity index (χ1) is 11.0. The molecule has 130 valence electrons. The maximum Gasteiger partial charge on any atom is 0.332 e. The first-order valence-electron chi connectivity index (χ1n) is 8.26. The lowest BCUT2D eigenvalue weighted by atomic mass is 9.88. The number of ether oxygens (including phenoxy) is 2.